The van der Waals surface area contributed by atoms with Gasteiger partial charge in [0.25, 0.3) is 0 Å². The second kappa shape index (κ2) is 5.85. The Morgan fingerprint density at radius 1 is 1.19 bits per heavy atom. The molecule has 0 unspecified atom stereocenters. The molecule has 88 valence electrons. The van der Waals surface area contributed by atoms with E-state index in [1.807, 2.05) is 30.3 Å². The van der Waals surface area contributed by atoms with Crippen LogP contribution >= 0.6 is 12.2 Å². The molecule has 1 aromatic rings. The molecule has 0 bridgehead atoms. The van der Waals surface area contributed by atoms with Crippen LogP contribution in [0.4, 0.5) is 5.69 Å². The number of anilines is 1. The Balaban J connectivity index is 2.54. The minimum Gasteiger partial charge on any atom is -0.357 e. The van der Waals surface area contributed by atoms with Crippen molar-refractivity contribution >= 4 is 23.0 Å². The van der Waals surface area contributed by atoms with Gasteiger partial charge in [0.05, 0.1) is 0 Å². The number of hydrogen-bond donors (Lipinski definition) is 2. The fraction of sp³-hybridized carbons (Fsp3) is 0.462. The molecule has 0 heterocycles. The summed E-state index contributed by atoms with van der Waals surface area (Å²) in [7, 11) is 0. The molecule has 16 heavy (non-hydrogen) atoms. The van der Waals surface area contributed by atoms with E-state index in [1.165, 1.54) is 0 Å². The van der Waals surface area contributed by atoms with Gasteiger partial charge in [-0.25, -0.2) is 0 Å². The normalized spacial score (nSPS) is 10.9. The van der Waals surface area contributed by atoms with Gasteiger partial charge in [0.2, 0.25) is 0 Å². The average molecular weight is 236 g/mol. The number of para-hydroxylation sites is 1. The third kappa shape index (κ3) is 3.81. The summed E-state index contributed by atoms with van der Waals surface area (Å²) < 4.78 is 0. The summed E-state index contributed by atoms with van der Waals surface area (Å²) in [5.41, 5.74) is 1.10. The molecule has 0 saturated carbocycles. The number of benzene rings is 1. The fourth-order valence-electron chi connectivity index (χ4n) is 1.38. The first kappa shape index (κ1) is 13.0. The molecule has 2 nitrogen and oxygen atoms in total. The highest BCUT2D eigenvalue weighted by atomic mass is 32.1. The Morgan fingerprint density at radius 2 is 1.75 bits per heavy atom. The molecular formula is C13H20N2S. The van der Waals surface area contributed by atoms with Gasteiger partial charge >= 0.3 is 0 Å². The van der Waals surface area contributed by atoms with E-state index >= 15 is 0 Å². The van der Waals surface area contributed by atoms with Crippen LogP contribution in [-0.2, 0) is 0 Å². The van der Waals surface area contributed by atoms with E-state index in [0.29, 0.717) is 5.11 Å². The maximum atomic E-state index is 5.29. The average Bonchev–Trinajstić information content (AvgIpc) is 2.30. The summed E-state index contributed by atoms with van der Waals surface area (Å²) in [4.78, 5) is 0. The van der Waals surface area contributed by atoms with Crippen LogP contribution in [0.25, 0.3) is 0 Å². The molecule has 1 aromatic carbocycles. The molecule has 0 aliphatic carbocycles. The third-order valence-electron chi connectivity index (χ3n) is 3.01. The van der Waals surface area contributed by atoms with E-state index in [4.69, 9.17) is 12.2 Å². The van der Waals surface area contributed by atoms with Gasteiger partial charge in [-0.3, -0.25) is 0 Å². The maximum Gasteiger partial charge on any atom is 0.171 e. The number of nitrogens with one attached hydrogen (secondary N) is 2. The molecule has 0 aliphatic rings. The van der Waals surface area contributed by atoms with Gasteiger partial charge in [-0.2, -0.15) is 0 Å². The molecule has 0 spiro atoms. The number of rotatable bonds is 4. The van der Waals surface area contributed by atoms with Gasteiger partial charge in [0, 0.05) is 11.2 Å². The molecule has 0 amide bonds. The third-order valence-corrected chi connectivity index (χ3v) is 3.21. The molecule has 0 atom stereocenters. The molecule has 3 heteroatoms. The van der Waals surface area contributed by atoms with Crippen LogP contribution in [0.1, 0.15) is 33.6 Å². The van der Waals surface area contributed by atoms with Crippen molar-refractivity contribution < 1.29 is 0 Å². The minimum absolute atomic E-state index is 0.0822. The zero-order valence-corrected chi connectivity index (χ0v) is 11.0. The lowest BCUT2D eigenvalue weighted by molar-refractivity contribution is 0.391. The van der Waals surface area contributed by atoms with Crippen LogP contribution in [-0.4, -0.2) is 10.7 Å². The van der Waals surface area contributed by atoms with Gasteiger partial charge in [0.1, 0.15) is 0 Å². The summed E-state index contributed by atoms with van der Waals surface area (Å²) in [5.74, 6) is 0. The lowest BCUT2D eigenvalue weighted by atomic mass is 9.96. The van der Waals surface area contributed by atoms with Crippen LogP contribution in [0.15, 0.2) is 30.3 Å². The lowest BCUT2D eigenvalue weighted by Crippen LogP contribution is -2.46. The summed E-state index contributed by atoms with van der Waals surface area (Å²) in [6.07, 6.45) is 2.11. The van der Waals surface area contributed by atoms with Crippen LogP contribution in [0.3, 0.4) is 0 Å². The van der Waals surface area contributed by atoms with Crippen LogP contribution < -0.4 is 10.6 Å². The first-order valence-electron chi connectivity index (χ1n) is 5.74. The van der Waals surface area contributed by atoms with Crippen LogP contribution in [0, 0.1) is 0 Å². The summed E-state index contributed by atoms with van der Waals surface area (Å²) in [5, 5.41) is 7.24. The molecule has 2 N–H and O–H groups in total. The topological polar surface area (TPSA) is 24.1 Å². The summed E-state index contributed by atoms with van der Waals surface area (Å²) in [6.45, 7) is 6.52. The first-order chi connectivity index (χ1) is 7.59. The van der Waals surface area contributed by atoms with E-state index in [2.05, 4.69) is 31.4 Å². The molecule has 0 aliphatic heterocycles. The van der Waals surface area contributed by atoms with Crippen molar-refractivity contribution in [3.63, 3.8) is 0 Å². The minimum atomic E-state index is 0.0822. The van der Waals surface area contributed by atoms with Crippen molar-refractivity contribution in [2.45, 2.75) is 39.2 Å². The van der Waals surface area contributed by atoms with Crippen LogP contribution in [0.2, 0.25) is 0 Å². The van der Waals surface area contributed by atoms with Gasteiger partial charge in [-0.1, -0.05) is 32.0 Å². The molecular weight excluding hydrogens is 216 g/mol. The predicted molar refractivity (Wildman–Crippen MR) is 74.8 cm³/mol. The van der Waals surface area contributed by atoms with E-state index in [-0.39, 0.29) is 5.54 Å². The Labute approximate surface area is 103 Å². The van der Waals surface area contributed by atoms with Crippen molar-refractivity contribution in [1.82, 2.24) is 5.32 Å². The Bertz CT molecular complexity index is 331. The smallest absolute Gasteiger partial charge is 0.171 e. The highest BCUT2D eigenvalue weighted by Crippen LogP contribution is 2.14. The zero-order chi connectivity index (χ0) is 12.0. The second-order valence-electron chi connectivity index (χ2n) is 4.21. The molecule has 0 aromatic heterocycles. The Hall–Kier alpha value is -1.09. The summed E-state index contributed by atoms with van der Waals surface area (Å²) >= 11 is 5.29. The largest absolute Gasteiger partial charge is 0.357 e. The highest BCUT2D eigenvalue weighted by molar-refractivity contribution is 7.80. The first-order valence-corrected chi connectivity index (χ1v) is 6.14. The predicted octanol–water partition coefficient (Wildman–Crippen LogP) is 3.55. The quantitative estimate of drug-likeness (QED) is 0.782. The Morgan fingerprint density at radius 3 is 2.25 bits per heavy atom. The van der Waals surface area contributed by atoms with Crippen molar-refractivity contribution in [2.75, 3.05) is 5.32 Å². The zero-order valence-electron chi connectivity index (χ0n) is 10.2. The van der Waals surface area contributed by atoms with Crippen molar-refractivity contribution in [2.24, 2.45) is 0 Å². The summed E-state index contributed by atoms with van der Waals surface area (Å²) in [6, 6.07) is 9.98. The highest BCUT2D eigenvalue weighted by Gasteiger charge is 2.19. The van der Waals surface area contributed by atoms with Crippen LogP contribution in [0.5, 0.6) is 0 Å². The van der Waals surface area contributed by atoms with E-state index < -0.39 is 0 Å². The maximum absolute atomic E-state index is 5.29. The molecule has 1 rings (SSSR count). The van der Waals surface area contributed by atoms with E-state index in [1.54, 1.807) is 0 Å². The van der Waals surface area contributed by atoms with Gasteiger partial charge in [-0.05, 0) is 44.1 Å². The van der Waals surface area contributed by atoms with E-state index in [9.17, 15) is 0 Å². The molecule has 0 saturated heterocycles. The monoisotopic (exact) mass is 236 g/mol. The lowest BCUT2D eigenvalue weighted by Gasteiger charge is -2.29. The fourth-order valence-corrected chi connectivity index (χ4v) is 1.75. The van der Waals surface area contributed by atoms with Gasteiger partial charge in [0.15, 0.2) is 5.11 Å². The molecule has 0 fully saturated rings. The Kier molecular flexibility index (Phi) is 4.74. The second-order valence-corrected chi connectivity index (χ2v) is 4.62. The van der Waals surface area contributed by atoms with Crippen molar-refractivity contribution in [3.05, 3.63) is 30.3 Å². The number of hydrogen-bond acceptors (Lipinski definition) is 1. The van der Waals surface area contributed by atoms with E-state index in [0.717, 1.165) is 18.5 Å². The van der Waals surface area contributed by atoms with Crippen molar-refractivity contribution in [1.29, 1.82) is 0 Å². The van der Waals surface area contributed by atoms with Gasteiger partial charge in [-0.15, -0.1) is 0 Å². The van der Waals surface area contributed by atoms with Crippen molar-refractivity contribution in [3.8, 4) is 0 Å². The number of thiocarbonyl (C=S) groups is 1. The molecule has 0 radical (unpaired) electrons. The van der Waals surface area contributed by atoms with Gasteiger partial charge < -0.3 is 10.6 Å². The standard InChI is InChI=1S/C13H20N2S/c1-4-13(3,5-2)15-12(16)14-11-9-7-6-8-10-11/h6-10H,4-5H2,1-3H3,(H2,14,15,16). The SMILES string of the molecule is CCC(C)(CC)NC(=S)Nc1ccccc1.